The molecule has 0 aliphatic heterocycles. The lowest BCUT2D eigenvalue weighted by molar-refractivity contribution is 0.100. The van der Waals surface area contributed by atoms with Crippen LogP contribution in [0.15, 0.2) is 24.3 Å². The molecule has 0 bridgehead atoms. The van der Waals surface area contributed by atoms with Gasteiger partial charge < -0.3 is 20.4 Å². The van der Waals surface area contributed by atoms with E-state index in [-0.39, 0.29) is 52.1 Å². The average molecular weight is 316 g/mol. The number of rotatable bonds is 4. The van der Waals surface area contributed by atoms with Gasteiger partial charge in [0.15, 0.2) is 11.6 Å². The number of hydrogen-bond acceptors (Lipinski definition) is 6. The van der Waals surface area contributed by atoms with Crippen LogP contribution in [0.1, 0.15) is 45.7 Å². The zero-order valence-corrected chi connectivity index (χ0v) is 12.6. The molecule has 6 nitrogen and oxygen atoms in total. The van der Waals surface area contributed by atoms with E-state index in [0.717, 1.165) is 12.1 Å². The smallest absolute Gasteiger partial charge is 0.163 e. The molecule has 0 unspecified atom stereocenters. The highest BCUT2D eigenvalue weighted by Gasteiger charge is 2.16. The van der Waals surface area contributed by atoms with Crippen LogP contribution in [0.5, 0.6) is 23.0 Å². The Bertz CT molecular complexity index is 740. The fourth-order valence-electron chi connectivity index (χ4n) is 2.30. The molecular weight excluding hydrogens is 300 g/mol. The molecule has 120 valence electrons. The first-order valence-electron chi connectivity index (χ1n) is 6.82. The first-order chi connectivity index (χ1) is 10.7. The minimum atomic E-state index is -0.372. The molecule has 0 aromatic heterocycles. The number of phenols is 4. The Hall–Kier alpha value is -3.02. The van der Waals surface area contributed by atoms with Crippen molar-refractivity contribution in [3.8, 4) is 23.0 Å². The van der Waals surface area contributed by atoms with Gasteiger partial charge in [0.1, 0.15) is 23.0 Å². The molecule has 2 rings (SSSR count). The monoisotopic (exact) mass is 316 g/mol. The summed E-state index contributed by atoms with van der Waals surface area (Å²) in [6.07, 6.45) is 0.0127. The van der Waals surface area contributed by atoms with Crippen molar-refractivity contribution >= 4 is 11.6 Å². The van der Waals surface area contributed by atoms with Gasteiger partial charge in [0.25, 0.3) is 0 Å². The summed E-state index contributed by atoms with van der Waals surface area (Å²) in [7, 11) is 0. The number of carbonyl (C=O) groups excluding carboxylic acids is 2. The number of carbonyl (C=O) groups is 2. The maximum Gasteiger partial charge on any atom is 0.163 e. The van der Waals surface area contributed by atoms with Crippen molar-refractivity contribution in [2.45, 2.75) is 20.3 Å². The highest BCUT2D eigenvalue weighted by Crippen LogP contribution is 2.33. The summed E-state index contributed by atoms with van der Waals surface area (Å²) in [4.78, 5) is 22.9. The fraction of sp³-hybridized carbons (Fsp3) is 0.176. The Balaban J connectivity index is 2.51. The first-order valence-corrected chi connectivity index (χ1v) is 6.82. The minimum absolute atomic E-state index is 0.0127. The highest BCUT2D eigenvalue weighted by atomic mass is 16.3. The summed E-state index contributed by atoms with van der Waals surface area (Å²) in [6.45, 7) is 2.56. The molecule has 2 aromatic rings. The molecule has 6 heteroatoms. The lowest BCUT2D eigenvalue weighted by atomic mass is 9.97. The molecule has 0 radical (unpaired) electrons. The lowest BCUT2D eigenvalue weighted by Gasteiger charge is -2.11. The van der Waals surface area contributed by atoms with Gasteiger partial charge in [0.05, 0.1) is 11.1 Å². The molecule has 0 aliphatic carbocycles. The maximum absolute atomic E-state index is 11.5. The lowest BCUT2D eigenvalue weighted by Crippen LogP contribution is -1.99. The van der Waals surface area contributed by atoms with Gasteiger partial charge in [-0.15, -0.1) is 0 Å². The van der Waals surface area contributed by atoms with Crippen molar-refractivity contribution in [2.75, 3.05) is 0 Å². The second kappa shape index (κ2) is 6.00. The Morgan fingerprint density at radius 2 is 1.04 bits per heavy atom. The van der Waals surface area contributed by atoms with Crippen LogP contribution in [0.2, 0.25) is 0 Å². The van der Waals surface area contributed by atoms with E-state index in [1.165, 1.54) is 26.0 Å². The van der Waals surface area contributed by atoms with Gasteiger partial charge in [-0.2, -0.15) is 0 Å². The topological polar surface area (TPSA) is 115 Å². The van der Waals surface area contributed by atoms with E-state index in [1.54, 1.807) is 0 Å². The van der Waals surface area contributed by atoms with E-state index >= 15 is 0 Å². The van der Waals surface area contributed by atoms with Crippen LogP contribution >= 0.6 is 0 Å². The van der Waals surface area contributed by atoms with E-state index < -0.39 is 0 Å². The summed E-state index contributed by atoms with van der Waals surface area (Å²) >= 11 is 0. The molecule has 0 spiro atoms. The standard InChI is InChI=1S/C17H16O6/c1-8(18)12-4-10(14(20)6-16(12)22)3-11-5-13(9(2)19)17(23)7-15(11)21/h4-7,20-23H,3H2,1-2H3. The number of benzene rings is 2. The van der Waals surface area contributed by atoms with Gasteiger partial charge in [0, 0.05) is 18.6 Å². The molecule has 23 heavy (non-hydrogen) atoms. The number of hydrogen-bond donors (Lipinski definition) is 4. The first kappa shape index (κ1) is 16.4. The van der Waals surface area contributed by atoms with E-state index in [0.29, 0.717) is 11.1 Å². The van der Waals surface area contributed by atoms with Crippen LogP contribution in [0, 0.1) is 0 Å². The molecule has 4 N–H and O–H groups in total. The fourth-order valence-corrected chi connectivity index (χ4v) is 2.30. The van der Waals surface area contributed by atoms with Crippen molar-refractivity contribution in [2.24, 2.45) is 0 Å². The molecular formula is C17H16O6. The molecule has 0 fully saturated rings. The van der Waals surface area contributed by atoms with Gasteiger partial charge in [-0.05, 0) is 37.1 Å². The van der Waals surface area contributed by atoms with Gasteiger partial charge in [-0.25, -0.2) is 0 Å². The molecule has 0 saturated heterocycles. The van der Waals surface area contributed by atoms with Gasteiger partial charge >= 0.3 is 0 Å². The quantitative estimate of drug-likeness (QED) is 0.644. The van der Waals surface area contributed by atoms with Crippen LogP contribution in [0.4, 0.5) is 0 Å². The third-order valence-corrected chi connectivity index (χ3v) is 3.53. The van der Waals surface area contributed by atoms with Gasteiger partial charge in [-0.3, -0.25) is 9.59 Å². The summed E-state index contributed by atoms with van der Waals surface area (Å²) in [5.41, 5.74) is 0.678. The second-order valence-corrected chi connectivity index (χ2v) is 5.29. The summed E-state index contributed by atoms with van der Waals surface area (Å²) in [5.74, 6) is -1.91. The van der Waals surface area contributed by atoms with Crippen LogP contribution in [-0.2, 0) is 6.42 Å². The maximum atomic E-state index is 11.5. The van der Waals surface area contributed by atoms with E-state index in [1.807, 2.05) is 0 Å². The molecule has 0 saturated carbocycles. The zero-order chi connectivity index (χ0) is 17.3. The third-order valence-electron chi connectivity index (χ3n) is 3.53. The largest absolute Gasteiger partial charge is 0.508 e. The minimum Gasteiger partial charge on any atom is -0.508 e. The van der Waals surface area contributed by atoms with Crippen molar-refractivity contribution in [3.63, 3.8) is 0 Å². The van der Waals surface area contributed by atoms with E-state index in [2.05, 4.69) is 0 Å². The van der Waals surface area contributed by atoms with E-state index in [4.69, 9.17) is 0 Å². The van der Waals surface area contributed by atoms with Crippen LogP contribution < -0.4 is 0 Å². The summed E-state index contributed by atoms with van der Waals surface area (Å²) in [5, 5.41) is 39.1. The second-order valence-electron chi connectivity index (χ2n) is 5.29. The molecule has 0 heterocycles. The van der Waals surface area contributed by atoms with Gasteiger partial charge in [-0.1, -0.05) is 0 Å². The highest BCUT2D eigenvalue weighted by molar-refractivity contribution is 5.98. The molecule has 0 aliphatic rings. The Morgan fingerprint density at radius 1 is 0.696 bits per heavy atom. The van der Waals surface area contributed by atoms with Crippen molar-refractivity contribution in [3.05, 3.63) is 46.5 Å². The van der Waals surface area contributed by atoms with Gasteiger partial charge in [0.2, 0.25) is 0 Å². The Labute approximate surface area is 132 Å². The predicted octanol–water partition coefficient (Wildman–Crippen LogP) is 2.51. The Kier molecular flexibility index (Phi) is 4.27. The summed E-state index contributed by atoms with van der Waals surface area (Å²) in [6, 6.07) is 4.75. The zero-order valence-electron chi connectivity index (χ0n) is 12.6. The van der Waals surface area contributed by atoms with Crippen molar-refractivity contribution < 1.29 is 30.0 Å². The SMILES string of the molecule is CC(=O)c1cc(Cc2cc(C(C)=O)c(O)cc2O)c(O)cc1O. The third kappa shape index (κ3) is 3.26. The van der Waals surface area contributed by atoms with Crippen LogP contribution in [-0.4, -0.2) is 32.0 Å². The van der Waals surface area contributed by atoms with Crippen LogP contribution in [0.3, 0.4) is 0 Å². The van der Waals surface area contributed by atoms with Crippen LogP contribution in [0.25, 0.3) is 0 Å². The molecule has 0 atom stereocenters. The normalized spacial score (nSPS) is 10.5. The summed E-state index contributed by atoms with van der Waals surface area (Å²) < 4.78 is 0. The number of ketones is 2. The van der Waals surface area contributed by atoms with E-state index in [9.17, 15) is 30.0 Å². The molecule has 0 amide bonds. The molecule has 2 aromatic carbocycles. The number of Topliss-reactive ketones (excluding diaryl/α,β-unsaturated/α-hetero) is 2. The number of phenolic OH excluding ortho intramolecular Hbond substituents is 4. The Morgan fingerprint density at radius 3 is 1.35 bits per heavy atom. The number of aromatic hydroxyl groups is 4. The average Bonchev–Trinajstić information content (AvgIpc) is 2.43. The van der Waals surface area contributed by atoms with Crippen molar-refractivity contribution in [1.29, 1.82) is 0 Å². The van der Waals surface area contributed by atoms with Crippen molar-refractivity contribution in [1.82, 2.24) is 0 Å². The predicted molar refractivity (Wildman–Crippen MR) is 82.4 cm³/mol.